The Balaban J connectivity index is 2.74. The molecule has 2 amide bonds. The zero-order chi connectivity index (χ0) is 18.3. The molecule has 0 heterocycles. The Labute approximate surface area is 150 Å². The fourth-order valence-electron chi connectivity index (χ4n) is 1.79. The molecule has 1 atom stereocenters. The van der Waals surface area contributed by atoms with Gasteiger partial charge in [0.2, 0.25) is 0 Å². The number of ether oxygens (including phenoxy) is 2. The Kier molecular flexibility index (Phi) is 8.10. The topological polar surface area (TPSA) is 88.1 Å². The zero-order valence-corrected chi connectivity index (χ0v) is 15.1. The van der Waals surface area contributed by atoms with Crippen LogP contribution in [0.4, 0.5) is 10.5 Å². The van der Waals surface area contributed by atoms with Crippen LogP contribution >= 0.6 is 23.2 Å². The number of anilines is 1. The largest absolute Gasteiger partial charge is 0.488 e. The zero-order valence-electron chi connectivity index (χ0n) is 13.6. The van der Waals surface area contributed by atoms with Crippen molar-refractivity contribution in [1.29, 1.82) is 0 Å². The summed E-state index contributed by atoms with van der Waals surface area (Å²) in [4.78, 5) is 24.2. The van der Waals surface area contributed by atoms with Crippen molar-refractivity contribution in [3.63, 3.8) is 0 Å². The highest BCUT2D eigenvalue weighted by molar-refractivity contribution is 6.37. The summed E-state index contributed by atoms with van der Waals surface area (Å²) < 4.78 is 10.3. The van der Waals surface area contributed by atoms with E-state index in [2.05, 4.69) is 5.32 Å². The van der Waals surface area contributed by atoms with Crippen molar-refractivity contribution < 1.29 is 24.2 Å². The quantitative estimate of drug-likeness (QED) is 0.678. The van der Waals surface area contributed by atoms with Gasteiger partial charge in [0.25, 0.3) is 0 Å². The summed E-state index contributed by atoms with van der Waals surface area (Å²) >= 11 is 12.2. The van der Waals surface area contributed by atoms with Crippen molar-refractivity contribution in [3.8, 4) is 5.75 Å². The molecule has 0 spiro atoms. The number of carbonyl (C=O) groups excluding carboxylic acids is 1. The number of rotatable bonds is 8. The fraction of sp³-hybridized carbons (Fsp3) is 0.467. The maximum Gasteiger partial charge on any atom is 0.321 e. The van der Waals surface area contributed by atoms with Crippen LogP contribution in [-0.2, 0) is 9.53 Å². The Hall–Kier alpha value is -1.70. The first-order chi connectivity index (χ1) is 11.3. The van der Waals surface area contributed by atoms with E-state index >= 15 is 0 Å². The number of carboxylic acids is 1. The predicted octanol–water partition coefficient (Wildman–Crippen LogP) is 3.20. The van der Waals surface area contributed by atoms with E-state index in [1.54, 1.807) is 7.11 Å². The second-order valence-electron chi connectivity index (χ2n) is 5.16. The number of aliphatic carboxylic acids is 1. The van der Waals surface area contributed by atoms with Gasteiger partial charge >= 0.3 is 12.0 Å². The number of methoxy groups -OCH3 is 1. The number of halogens is 2. The third kappa shape index (κ3) is 6.07. The molecule has 0 aromatic heterocycles. The number of nitrogens with zero attached hydrogens (tertiary/aromatic N) is 1. The minimum absolute atomic E-state index is 0.0703. The lowest BCUT2D eigenvalue weighted by molar-refractivity contribution is -0.141. The highest BCUT2D eigenvalue weighted by Gasteiger charge is 2.18. The van der Waals surface area contributed by atoms with Crippen LogP contribution < -0.4 is 10.1 Å². The number of benzene rings is 1. The number of hydrogen-bond acceptors (Lipinski definition) is 4. The van der Waals surface area contributed by atoms with Gasteiger partial charge in [0, 0.05) is 26.4 Å². The van der Waals surface area contributed by atoms with E-state index in [4.69, 9.17) is 37.8 Å². The average molecular weight is 379 g/mol. The summed E-state index contributed by atoms with van der Waals surface area (Å²) in [6.45, 7) is 2.27. The van der Waals surface area contributed by atoms with Crippen LogP contribution in [0.5, 0.6) is 5.75 Å². The molecule has 0 bridgehead atoms. The van der Waals surface area contributed by atoms with Crippen molar-refractivity contribution in [2.75, 3.05) is 39.2 Å². The maximum absolute atomic E-state index is 12.1. The molecule has 0 aliphatic rings. The summed E-state index contributed by atoms with van der Waals surface area (Å²) in [6, 6.07) is 2.53. The molecule has 0 saturated carbocycles. The van der Waals surface area contributed by atoms with Gasteiger partial charge in [0.1, 0.15) is 6.61 Å². The molecule has 0 radical (unpaired) electrons. The average Bonchev–Trinajstić information content (AvgIpc) is 2.49. The number of carbonyl (C=O) groups is 2. The van der Waals surface area contributed by atoms with Gasteiger partial charge < -0.3 is 24.8 Å². The smallest absolute Gasteiger partial charge is 0.321 e. The number of carboxylic acid groups (broad SMARTS) is 1. The highest BCUT2D eigenvalue weighted by Crippen LogP contribution is 2.36. The number of urea groups is 1. The SMILES string of the molecule is COCCOc1c(Cl)cc(NC(=O)N(C)CC(C)C(=O)O)cc1Cl. The van der Waals surface area contributed by atoms with Crippen LogP contribution in [0.2, 0.25) is 10.0 Å². The molecule has 0 saturated heterocycles. The molecule has 9 heteroatoms. The lowest BCUT2D eigenvalue weighted by Gasteiger charge is -2.20. The van der Waals surface area contributed by atoms with Gasteiger partial charge in [-0.25, -0.2) is 4.79 Å². The van der Waals surface area contributed by atoms with Gasteiger partial charge in [-0.3, -0.25) is 4.79 Å². The van der Waals surface area contributed by atoms with Crippen molar-refractivity contribution in [1.82, 2.24) is 4.90 Å². The van der Waals surface area contributed by atoms with E-state index in [9.17, 15) is 9.59 Å². The second kappa shape index (κ2) is 9.56. The monoisotopic (exact) mass is 378 g/mol. The number of amides is 2. The molecule has 0 aliphatic carbocycles. The van der Waals surface area contributed by atoms with E-state index in [1.807, 2.05) is 0 Å². The Bertz CT molecular complexity index is 574. The summed E-state index contributed by atoms with van der Waals surface area (Å²) in [5, 5.41) is 12.0. The van der Waals surface area contributed by atoms with Gasteiger partial charge in [-0.2, -0.15) is 0 Å². The fourth-order valence-corrected chi connectivity index (χ4v) is 2.38. The maximum atomic E-state index is 12.1. The highest BCUT2D eigenvalue weighted by atomic mass is 35.5. The third-order valence-electron chi connectivity index (χ3n) is 3.10. The van der Waals surface area contributed by atoms with Crippen LogP contribution in [0.15, 0.2) is 12.1 Å². The van der Waals surface area contributed by atoms with Gasteiger partial charge in [-0.15, -0.1) is 0 Å². The van der Waals surface area contributed by atoms with E-state index in [-0.39, 0.29) is 23.2 Å². The molecule has 24 heavy (non-hydrogen) atoms. The van der Waals surface area contributed by atoms with Crippen molar-refractivity contribution in [3.05, 3.63) is 22.2 Å². The summed E-state index contributed by atoms with van der Waals surface area (Å²) in [6.07, 6.45) is 0. The molecule has 134 valence electrons. The van der Waals surface area contributed by atoms with Crippen LogP contribution in [0, 0.1) is 5.92 Å². The van der Waals surface area contributed by atoms with E-state index in [0.717, 1.165) is 0 Å². The van der Waals surface area contributed by atoms with Crippen molar-refractivity contribution in [2.24, 2.45) is 5.92 Å². The molecule has 1 rings (SSSR count). The van der Waals surface area contributed by atoms with E-state index < -0.39 is 17.9 Å². The third-order valence-corrected chi connectivity index (χ3v) is 3.66. The Morgan fingerprint density at radius 2 is 1.88 bits per heavy atom. The standard InChI is InChI=1S/C15H20Cl2N2O5/c1-9(14(20)21)8-19(2)15(22)18-10-6-11(16)13(12(17)7-10)24-5-4-23-3/h6-7,9H,4-5,8H2,1-3H3,(H,18,22)(H,20,21). The second-order valence-corrected chi connectivity index (χ2v) is 5.97. The normalized spacial score (nSPS) is 11.7. The lowest BCUT2D eigenvalue weighted by atomic mass is 10.2. The first-order valence-corrected chi connectivity index (χ1v) is 7.87. The number of hydrogen-bond donors (Lipinski definition) is 2. The van der Waals surface area contributed by atoms with Gasteiger partial charge in [-0.05, 0) is 12.1 Å². The molecule has 0 fully saturated rings. The van der Waals surface area contributed by atoms with Gasteiger partial charge in [0.15, 0.2) is 5.75 Å². The summed E-state index contributed by atoms with van der Waals surface area (Å²) in [5.74, 6) is -1.34. The van der Waals surface area contributed by atoms with Crippen molar-refractivity contribution in [2.45, 2.75) is 6.92 Å². The van der Waals surface area contributed by atoms with E-state index in [0.29, 0.717) is 18.0 Å². The van der Waals surface area contributed by atoms with Crippen LogP contribution in [0.25, 0.3) is 0 Å². The van der Waals surface area contributed by atoms with Crippen LogP contribution in [0.3, 0.4) is 0 Å². The molecule has 1 unspecified atom stereocenters. The first-order valence-electron chi connectivity index (χ1n) is 7.12. The first kappa shape index (κ1) is 20.3. The minimum Gasteiger partial charge on any atom is -0.488 e. The lowest BCUT2D eigenvalue weighted by Crippen LogP contribution is -2.36. The minimum atomic E-state index is -0.974. The predicted molar refractivity (Wildman–Crippen MR) is 92.3 cm³/mol. The Morgan fingerprint density at radius 1 is 1.29 bits per heavy atom. The number of nitrogens with one attached hydrogen (secondary N) is 1. The van der Waals surface area contributed by atoms with Gasteiger partial charge in [-0.1, -0.05) is 30.1 Å². The molecule has 0 aliphatic heterocycles. The molecule has 7 nitrogen and oxygen atoms in total. The summed E-state index contributed by atoms with van der Waals surface area (Å²) in [5.41, 5.74) is 0.379. The van der Waals surface area contributed by atoms with E-state index in [1.165, 1.54) is 31.0 Å². The van der Waals surface area contributed by atoms with Gasteiger partial charge in [0.05, 0.1) is 22.6 Å². The molecule has 2 N–H and O–H groups in total. The molecular weight excluding hydrogens is 359 g/mol. The molecular formula is C15H20Cl2N2O5. The van der Waals surface area contributed by atoms with Crippen LogP contribution in [-0.4, -0.2) is 55.9 Å². The van der Waals surface area contributed by atoms with Crippen LogP contribution in [0.1, 0.15) is 6.92 Å². The molecule has 1 aromatic carbocycles. The summed E-state index contributed by atoms with van der Waals surface area (Å²) in [7, 11) is 3.05. The Morgan fingerprint density at radius 3 is 2.38 bits per heavy atom. The molecule has 1 aromatic rings. The van der Waals surface area contributed by atoms with Crippen molar-refractivity contribution >= 4 is 40.9 Å².